The highest BCUT2D eigenvalue weighted by Crippen LogP contribution is 2.41. The van der Waals surface area contributed by atoms with Gasteiger partial charge in [0.1, 0.15) is 17.9 Å². The number of rotatable bonds is 15. The molecule has 70 heavy (non-hydrogen) atoms. The van der Waals surface area contributed by atoms with Crippen LogP contribution in [0.2, 0.25) is 0 Å². The Balaban J connectivity index is 0.736. The molecule has 5 amide bonds. The molecule has 6 N–H and O–H groups in total. The molecule has 19 nitrogen and oxygen atoms in total. The number of nitrogens with one attached hydrogen (secondary N) is 5. The van der Waals surface area contributed by atoms with Gasteiger partial charge in [0.2, 0.25) is 23.6 Å². The Morgan fingerprint density at radius 3 is 2.40 bits per heavy atom. The number of aliphatic hydroxyl groups excluding tert-OH is 1. The number of carbonyl (C=O) groups excluding carboxylic acids is 5. The van der Waals surface area contributed by atoms with Gasteiger partial charge in [-0.15, -0.1) is 11.3 Å². The molecule has 2 saturated heterocycles. The molecule has 1 saturated carbocycles. The van der Waals surface area contributed by atoms with Crippen molar-refractivity contribution >= 4 is 58.0 Å². The van der Waals surface area contributed by atoms with E-state index < -0.39 is 59.6 Å². The maximum atomic E-state index is 15.7. The van der Waals surface area contributed by atoms with E-state index in [0.29, 0.717) is 43.6 Å². The van der Waals surface area contributed by atoms with E-state index in [-0.39, 0.29) is 43.2 Å². The van der Waals surface area contributed by atoms with E-state index in [4.69, 9.17) is 4.98 Å². The Bertz CT molecular complexity index is 2900. The van der Waals surface area contributed by atoms with Crippen LogP contribution in [0.15, 0.2) is 72.8 Å². The number of benzene rings is 2. The van der Waals surface area contributed by atoms with Crippen LogP contribution in [0.25, 0.3) is 27.3 Å². The summed E-state index contributed by atoms with van der Waals surface area (Å²) >= 11 is 1.56. The molecule has 21 heteroatoms. The number of thiazole rings is 1. The number of hydrogen-bond donors (Lipinski definition) is 6. The van der Waals surface area contributed by atoms with Crippen LogP contribution in [0.1, 0.15) is 73.3 Å². The number of piperazine rings is 1. The predicted octanol–water partition coefficient (Wildman–Crippen LogP) is 3.99. The summed E-state index contributed by atoms with van der Waals surface area (Å²) in [5, 5.41) is 28.9. The predicted molar refractivity (Wildman–Crippen MR) is 259 cm³/mol. The number of likely N-dealkylation sites (tertiary alicyclic amines) is 1. The largest absolute Gasteiger partial charge is 0.391 e. The third kappa shape index (κ3) is 10.7. The summed E-state index contributed by atoms with van der Waals surface area (Å²) in [5.41, 5.74) is 7.24. The lowest BCUT2D eigenvalue weighted by Gasteiger charge is -2.35. The number of β-amino-alcohol motifs (C(OH)–C–C–N with tert-alkyl or cyclic N) is 1. The van der Waals surface area contributed by atoms with Crippen molar-refractivity contribution in [2.45, 2.75) is 77.6 Å². The molecular weight excluding hydrogens is 918 g/mol. The van der Waals surface area contributed by atoms with E-state index in [1.807, 2.05) is 46.7 Å². The van der Waals surface area contributed by atoms with E-state index in [1.54, 1.807) is 67.2 Å². The van der Waals surface area contributed by atoms with Crippen LogP contribution in [0.5, 0.6) is 0 Å². The Morgan fingerprint density at radius 2 is 1.73 bits per heavy atom. The molecule has 6 heterocycles. The summed E-state index contributed by atoms with van der Waals surface area (Å²) in [7, 11) is 0. The first-order chi connectivity index (χ1) is 33.6. The molecule has 6 aromatic rings. The van der Waals surface area contributed by atoms with E-state index in [1.165, 1.54) is 17.0 Å². The number of aliphatic hydroxyl groups is 1. The van der Waals surface area contributed by atoms with E-state index in [0.717, 1.165) is 51.5 Å². The Labute approximate surface area is 407 Å². The van der Waals surface area contributed by atoms with Crippen molar-refractivity contribution in [3.8, 4) is 21.7 Å². The number of imidazole rings is 1. The van der Waals surface area contributed by atoms with Crippen LogP contribution in [-0.2, 0) is 25.7 Å². The summed E-state index contributed by atoms with van der Waals surface area (Å²) in [6.45, 7) is 8.35. The molecule has 3 fully saturated rings. The third-order valence-corrected chi connectivity index (χ3v) is 13.9. The van der Waals surface area contributed by atoms with Crippen LogP contribution >= 0.6 is 11.3 Å². The first kappa shape index (κ1) is 47.9. The summed E-state index contributed by atoms with van der Waals surface area (Å²) in [4.78, 5) is 86.9. The van der Waals surface area contributed by atoms with Gasteiger partial charge in [-0.25, -0.2) is 19.3 Å². The Hall–Kier alpha value is -7.10. The highest BCUT2D eigenvalue weighted by Gasteiger charge is 2.44. The van der Waals surface area contributed by atoms with Crippen molar-refractivity contribution in [3.63, 3.8) is 0 Å². The fraction of sp³-hybridized carbons (Fsp3) is 0.408. The number of H-pyrrole nitrogens is 1. The standard InChI is InChI=1S/C49H56FN13O6S/c1-28-42(70-27-54-28)31-7-5-29(6-8-31)19-53-46(67)38-18-34(64)24-63(38)48(69)43(49(2,3)4)59-40(65)23-51-41(66)26-60-13-15-61(16-14-60)47(68)32-11-12-36(35(50)17-32)57-44-45-52-22-39(33-20-55-56-21-33)62(45)25-37(58-44)30-9-10-30/h5-8,11-12,17,20-22,25,27,30,34,38,43,64H,9-10,13-16,18-19,23-24,26H2,1-4H3,(H,51,66)(H,53,67)(H,55,56)(H,57,58)(H,59,65)/t34-,38+,43-/m1/s1. The van der Waals surface area contributed by atoms with Crippen LogP contribution in [0.3, 0.4) is 0 Å². The lowest BCUT2D eigenvalue weighted by Crippen LogP contribution is -2.59. The van der Waals surface area contributed by atoms with Gasteiger partial charge in [0.15, 0.2) is 11.5 Å². The van der Waals surface area contributed by atoms with Gasteiger partial charge in [0.05, 0.1) is 64.7 Å². The van der Waals surface area contributed by atoms with Crippen molar-refractivity contribution in [1.82, 2.24) is 60.2 Å². The second-order valence-electron chi connectivity index (χ2n) is 19.2. The number of nitrogens with zero attached hydrogens (tertiary/aromatic N) is 8. The van der Waals surface area contributed by atoms with E-state index in [9.17, 15) is 29.1 Å². The molecular formula is C49H56FN13O6S. The monoisotopic (exact) mass is 973 g/mol. The zero-order chi connectivity index (χ0) is 49.3. The quantitative estimate of drug-likeness (QED) is 0.0858. The average molecular weight is 974 g/mol. The van der Waals surface area contributed by atoms with Crippen LogP contribution in [0, 0.1) is 18.2 Å². The zero-order valence-electron chi connectivity index (χ0n) is 39.4. The minimum atomic E-state index is -1.07. The number of fused-ring (bicyclic) bond motifs is 1. The number of carbonyl (C=O) groups is 5. The molecule has 0 bridgehead atoms. The Kier molecular flexibility index (Phi) is 13.8. The van der Waals surface area contributed by atoms with Crippen molar-refractivity contribution in [1.29, 1.82) is 0 Å². The lowest BCUT2D eigenvalue weighted by atomic mass is 9.85. The average Bonchev–Trinajstić information content (AvgIpc) is 3.66. The molecule has 3 aliphatic rings. The smallest absolute Gasteiger partial charge is 0.254 e. The maximum Gasteiger partial charge on any atom is 0.254 e. The summed E-state index contributed by atoms with van der Waals surface area (Å²) in [5.74, 6) is -2.20. The molecule has 2 aromatic carbocycles. The maximum absolute atomic E-state index is 15.7. The zero-order valence-corrected chi connectivity index (χ0v) is 40.2. The van der Waals surface area contributed by atoms with Gasteiger partial charge in [-0.05, 0) is 54.5 Å². The van der Waals surface area contributed by atoms with Gasteiger partial charge in [0, 0.05) is 75.1 Å². The number of anilines is 2. The summed E-state index contributed by atoms with van der Waals surface area (Å²) in [6, 6.07) is 10.1. The first-order valence-electron chi connectivity index (χ1n) is 23.4. The molecule has 3 atom stereocenters. The molecule has 9 rings (SSSR count). The number of aromatic nitrogens is 6. The van der Waals surface area contributed by atoms with Crippen molar-refractivity contribution in [2.24, 2.45) is 5.41 Å². The summed E-state index contributed by atoms with van der Waals surface area (Å²) in [6.07, 6.45) is 8.33. The van der Waals surface area contributed by atoms with Gasteiger partial charge in [-0.3, -0.25) is 38.4 Å². The number of aromatic amines is 1. The Morgan fingerprint density at radius 1 is 0.957 bits per heavy atom. The van der Waals surface area contributed by atoms with E-state index >= 15 is 4.39 Å². The molecule has 4 aromatic heterocycles. The minimum absolute atomic E-state index is 0.0341. The molecule has 366 valence electrons. The molecule has 2 aliphatic heterocycles. The topological polar surface area (TPSA) is 235 Å². The highest BCUT2D eigenvalue weighted by molar-refractivity contribution is 7.13. The first-order valence-corrected chi connectivity index (χ1v) is 24.2. The van der Waals surface area contributed by atoms with Gasteiger partial charge >= 0.3 is 0 Å². The van der Waals surface area contributed by atoms with Crippen molar-refractivity contribution in [3.05, 3.63) is 101 Å². The fourth-order valence-electron chi connectivity index (χ4n) is 8.87. The van der Waals surface area contributed by atoms with Gasteiger partial charge < -0.3 is 36.2 Å². The number of aryl methyl sites for hydroxylation is 1. The number of halogens is 1. The fourth-order valence-corrected chi connectivity index (χ4v) is 9.68. The van der Waals surface area contributed by atoms with Gasteiger partial charge in [-0.1, -0.05) is 45.0 Å². The summed E-state index contributed by atoms with van der Waals surface area (Å²) < 4.78 is 17.6. The number of amides is 5. The second kappa shape index (κ2) is 20.1. The third-order valence-electron chi connectivity index (χ3n) is 13.0. The highest BCUT2D eigenvalue weighted by atomic mass is 32.1. The lowest BCUT2D eigenvalue weighted by molar-refractivity contribution is -0.144. The van der Waals surface area contributed by atoms with Gasteiger partial charge in [-0.2, -0.15) is 5.10 Å². The number of hydrogen-bond acceptors (Lipinski definition) is 13. The molecule has 0 radical (unpaired) electrons. The SMILES string of the molecule is Cc1ncsc1-c1ccc(CNC(=O)[C@@H]2C[C@@H](O)CN2C(=O)[C@@H](NC(=O)CNC(=O)CN2CCN(C(=O)c3ccc(Nc4nc(C5CC5)cn5c(-c6cn[nH]c6)cnc45)c(F)c3)CC2)C(C)(C)C)cc1. The molecule has 0 unspecified atom stereocenters. The van der Waals surface area contributed by atoms with Crippen molar-refractivity contribution < 1.29 is 33.5 Å². The van der Waals surface area contributed by atoms with Crippen LogP contribution < -0.4 is 21.3 Å². The van der Waals surface area contributed by atoms with Crippen molar-refractivity contribution in [2.75, 3.05) is 51.1 Å². The molecule has 1 aliphatic carbocycles. The normalized spacial score (nSPS) is 17.9. The minimum Gasteiger partial charge on any atom is -0.391 e. The van der Waals surface area contributed by atoms with Gasteiger partial charge in [0.25, 0.3) is 5.91 Å². The van der Waals surface area contributed by atoms with Crippen LogP contribution in [-0.4, -0.2) is 143 Å². The van der Waals surface area contributed by atoms with Crippen LogP contribution in [0.4, 0.5) is 15.9 Å². The van der Waals surface area contributed by atoms with E-state index in [2.05, 4.69) is 41.4 Å². The second-order valence-corrected chi connectivity index (χ2v) is 20.1. The molecule has 0 spiro atoms.